The van der Waals surface area contributed by atoms with E-state index in [9.17, 15) is 19.2 Å². The van der Waals surface area contributed by atoms with E-state index >= 15 is 8.78 Å². The maximum atomic E-state index is 15.7. The molecule has 2 aromatic heterocycles. The van der Waals surface area contributed by atoms with Gasteiger partial charge in [0.15, 0.2) is 0 Å². The molecule has 3 amide bonds. The number of benzene rings is 4. The van der Waals surface area contributed by atoms with Crippen LogP contribution in [0.5, 0.6) is 0 Å². The van der Waals surface area contributed by atoms with Crippen molar-refractivity contribution >= 4 is 69.1 Å². The molecule has 8 rings (SSSR count). The number of alkyl halides is 2. The Labute approximate surface area is 438 Å². The van der Waals surface area contributed by atoms with Crippen LogP contribution in [0.4, 0.5) is 20.2 Å². The van der Waals surface area contributed by atoms with Gasteiger partial charge in [0.05, 0.1) is 34.4 Å². The zero-order valence-electron chi connectivity index (χ0n) is 40.7. The van der Waals surface area contributed by atoms with Gasteiger partial charge in [0.1, 0.15) is 21.6 Å². The van der Waals surface area contributed by atoms with Crippen LogP contribution in [0, 0.1) is 36.5 Å². The minimum atomic E-state index is -1.54. The number of rotatable bonds is 9. The first kappa shape index (κ1) is 55.1. The van der Waals surface area contributed by atoms with Crippen LogP contribution < -0.4 is 11.1 Å². The van der Waals surface area contributed by atoms with E-state index in [0.717, 1.165) is 28.7 Å². The van der Waals surface area contributed by atoms with Crippen LogP contribution in [-0.4, -0.2) is 68.9 Å². The largest absolute Gasteiger partial charge is 0.398 e. The summed E-state index contributed by atoms with van der Waals surface area (Å²) in [4.78, 5) is 60.6. The third kappa shape index (κ3) is 13.6. The van der Waals surface area contributed by atoms with Crippen molar-refractivity contribution < 1.29 is 28.0 Å². The van der Waals surface area contributed by atoms with Crippen molar-refractivity contribution in [3.63, 3.8) is 0 Å². The molecule has 2 fully saturated rings. The molecule has 0 radical (unpaired) electrons. The number of nitrogens with zero attached hydrogens (tertiary/aromatic N) is 6. The molecule has 0 saturated carbocycles. The van der Waals surface area contributed by atoms with Crippen molar-refractivity contribution in [2.45, 2.75) is 77.6 Å². The Kier molecular flexibility index (Phi) is 18.5. The molecule has 2 saturated heterocycles. The number of anilines is 2. The molecule has 3 N–H and O–H groups in total. The fourth-order valence-electron chi connectivity index (χ4n) is 8.60. The van der Waals surface area contributed by atoms with E-state index in [-0.39, 0.29) is 56.5 Å². The lowest BCUT2D eigenvalue weighted by Gasteiger charge is -2.37. The lowest BCUT2D eigenvalue weighted by Crippen LogP contribution is -2.43. The summed E-state index contributed by atoms with van der Waals surface area (Å²) in [6.07, 6.45) is 4.94. The lowest BCUT2D eigenvalue weighted by molar-refractivity contribution is 0.0412. The number of piperidine rings is 2. The Morgan fingerprint density at radius 3 is 1.44 bits per heavy atom. The molecule has 73 heavy (non-hydrogen) atoms. The van der Waals surface area contributed by atoms with Gasteiger partial charge in [-0.3, -0.25) is 19.2 Å². The fraction of sp³-hybridized carbons (Fsp3) is 0.286. The van der Waals surface area contributed by atoms with Crippen molar-refractivity contribution in [3.8, 4) is 12.1 Å². The Morgan fingerprint density at radius 1 is 0.644 bits per heavy atom. The van der Waals surface area contributed by atoms with Crippen LogP contribution in [-0.2, 0) is 24.2 Å². The topological polar surface area (TPSA) is 186 Å². The summed E-state index contributed by atoms with van der Waals surface area (Å²) in [6.45, 7) is 9.03. The Bertz CT molecular complexity index is 3050. The number of hydrogen-bond acceptors (Lipinski definition) is 9. The second-order valence-electron chi connectivity index (χ2n) is 17.8. The van der Waals surface area contributed by atoms with Gasteiger partial charge >= 0.3 is 0 Å². The first-order valence-electron chi connectivity index (χ1n) is 23.6. The van der Waals surface area contributed by atoms with Crippen molar-refractivity contribution in [2.24, 2.45) is 0 Å². The van der Waals surface area contributed by atoms with Crippen molar-refractivity contribution in [3.05, 3.63) is 187 Å². The van der Waals surface area contributed by atoms with Crippen LogP contribution in [0.2, 0.25) is 10.3 Å². The number of aromatic nitrogens is 2. The highest BCUT2D eigenvalue weighted by Crippen LogP contribution is 2.39. The van der Waals surface area contributed by atoms with Crippen LogP contribution in [0.1, 0.15) is 125 Å². The number of nitrogens with one attached hydrogen (secondary N) is 1. The number of halogens is 5. The third-order valence-corrected chi connectivity index (χ3v) is 13.8. The maximum absolute atomic E-state index is 15.7. The summed E-state index contributed by atoms with van der Waals surface area (Å²) in [6, 6.07) is 30.7. The third-order valence-electron chi connectivity index (χ3n) is 13.1. The first-order chi connectivity index (χ1) is 34.8. The zero-order valence-corrected chi connectivity index (χ0v) is 43.0. The van der Waals surface area contributed by atoms with Gasteiger partial charge in [0.2, 0.25) is 0 Å². The molecule has 4 heterocycles. The summed E-state index contributed by atoms with van der Waals surface area (Å²) in [7, 11) is 0. The molecule has 0 spiro atoms. The van der Waals surface area contributed by atoms with Crippen LogP contribution in [0.25, 0.3) is 0 Å². The SMILES string of the molecule is CCc1cc(C)c(N)cc1C(=O)N1CCC(F)(c2ccc(C#N)cc2)CC1.CCc1cc(C)c(NC(=O)c2ccc(Cl)nc2)cc1C(=O)N1CCC(F)(c2ccc(C#N)cc2)CC1.O=C(Cl)c1ccc(Cl)nc1. The highest BCUT2D eigenvalue weighted by molar-refractivity contribution is 6.67. The molecule has 17 heteroatoms. The summed E-state index contributed by atoms with van der Waals surface area (Å²) in [5.74, 6) is -0.620. The Balaban J connectivity index is 0.000000205. The van der Waals surface area contributed by atoms with Gasteiger partial charge in [0, 0.05) is 86.8 Å². The standard InChI is InChI=1S/C28H26ClFN4O2.C22H24FN3O.C6H3Cl2NO/c1-3-20-14-18(2)24(33-26(35)21-6-9-25(29)32-17-21)15-23(20)27(36)34-12-10-28(30,11-13-34)22-7-4-19(16-31)5-8-22;1-3-17-12-15(2)20(25)13-19(17)21(27)26-10-8-22(23,9-11-26)18-6-4-16(14-24)5-7-18;7-5-2-1-4(3-9-5)6(8)10/h4-9,14-15,17H,3,10-13H2,1-2H3,(H,33,35);4-7,12-13H,3,8-11,25H2,1-2H3;1-3H. The molecule has 12 nitrogen and oxygen atoms in total. The van der Waals surface area contributed by atoms with Crippen LogP contribution >= 0.6 is 34.8 Å². The minimum absolute atomic E-state index is 0.0829. The number of carbonyl (C=O) groups is 4. The number of amides is 3. The van der Waals surface area contributed by atoms with E-state index in [4.69, 9.17) is 51.1 Å². The average molecular weight is 1050 g/mol. The Morgan fingerprint density at radius 2 is 1.05 bits per heavy atom. The highest BCUT2D eigenvalue weighted by atomic mass is 35.5. The van der Waals surface area contributed by atoms with Crippen LogP contribution in [0.3, 0.4) is 0 Å². The van der Waals surface area contributed by atoms with Crippen LogP contribution in [0.15, 0.2) is 109 Å². The van der Waals surface area contributed by atoms with E-state index in [1.807, 2.05) is 52.0 Å². The second kappa shape index (κ2) is 24.5. The first-order valence-corrected chi connectivity index (χ1v) is 24.7. The molecular formula is C56H53Cl3F2N8O4. The van der Waals surface area contributed by atoms with Gasteiger partial charge in [-0.2, -0.15) is 10.5 Å². The summed E-state index contributed by atoms with van der Waals surface area (Å²) in [5, 5.41) is 20.9. The molecule has 2 aliphatic heterocycles. The van der Waals surface area contributed by atoms with E-state index in [0.29, 0.717) is 85.7 Å². The van der Waals surface area contributed by atoms with Gasteiger partial charge < -0.3 is 20.9 Å². The molecular weight excluding hydrogens is 993 g/mol. The molecule has 4 aromatic carbocycles. The van der Waals surface area contributed by atoms with Gasteiger partial charge in [0.25, 0.3) is 23.0 Å². The number of nitrogens with two attached hydrogens (primary N) is 1. The molecule has 0 atom stereocenters. The Hall–Kier alpha value is -7.23. The zero-order chi connectivity index (χ0) is 53.0. The number of pyridine rings is 2. The van der Waals surface area contributed by atoms with E-state index < -0.39 is 16.6 Å². The number of nitriles is 2. The predicted octanol–water partition coefficient (Wildman–Crippen LogP) is 12.1. The van der Waals surface area contributed by atoms with Crippen molar-refractivity contribution in [1.82, 2.24) is 19.8 Å². The average Bonchev–Trinajstić information content (AvgIpc) is 3.40. The number of aryl methyl sites for hydroxylation is 4. The highest BCUT2D eigenvalue weighted by Gasteiger charge is 2.39. The number of nitrogen functional groups attached to an aromatic ring is 1. The fourth-order valence-corrected chi connectivity index (χ4v) is 8.94. The van der Waals surface area contributed by atoms with Crippen molar-refractivity contribution in [1.29, 1.82) is 10.5 Å². The van der Waals surface area contributed by atoms with E-state index in [1.165, 1.54) is 30.6 Å². The maximum Gasteiger partial charge on any atom is 0.257 e. The van der Waals surface area contributed by atoms with Gasteiger partial charge in [-0.1, -0.05) is 73.4 Å². The molecule has 6 aromatic rings. The number of likely N-dealkylation sites (tertiary alicyclic amines) is 2. The van der Waals surface area contributed by atoms with Gasteiger partial charge in [-0.05, 0) is 132 Å². The molecule has 376 valence electrons. The van der Waals surface area contributed by atoms with Crippen molar-refractivity contribution in [2.75, 3.05) is 37.2 Å². The normalized spacial score (nSPS) is 14.5. The monoisotopic (exact) mass is 1040 g/mol. The summed E-state index contributed by atoms with van der Waals surface area (Å²) < 4.78 is 31.1. The summed E-state index contributed by atoms with van der Waals surface area (Å²) in [5.41, 5.74) is 11.7. The number of hydrogen-bond donors (Lipinski definition) is 2. The smallest absolute Gasteiger partial charge is 0.257 e. The van der Waals surface area contributed by atoms with Gasteiger partial charge in [-0.25, -0.2) is 18.7 Å². The van der Waals surface area contributed by atoms with E-state index in [1.54, 1.807) is 76.5 Å². The molecule has 0 unspecified atom stereocenters. The predicted molar refractivity (Wildman–Crippen MR) is 280 cm³/mol. The molecule has 0 aliphatic carbocycles. The van der Waals surface area contributed by atoms with E-state index in [2.05, 4.69) is 15.3 Å². The minimum Gasteiger partial charge on any atom is -0.398 e. The van der Waals surface area contributed by atoms with Gasteiger partial charge in [-0.15, -0.1) is 0 Å². The lowest BCUT2D eigenvalue weighted by atomic mass is 9.85. The molecule has 0 bridgehead atoms. The summed E-state index contributed by atoms with van der Waals surface area (Å²) >= 11 is 16.4. The quantitative estimate of drug-likeness (QED) is 0.0807. The second-order valence-corrected chi connectivity index (χ2v) is 18.9. The molecule has 2 aliphatic rings. The number of carbonyl (C=O) groups excluding carboxylic acids is 4.